The molecule has 0 spiro atoms. The van der Waals surface area contributed by atoms with E-state index >= 15 is 0 Å². The first-order valence-corrected chi connectivity index (χ1v) is 11.4. The average molecular weight is 438 g/mol. The summed E-state index contributed by atoms with van der Waals surface area (Å²) in [6.45, 7) is 2.46. The van der Waals surface area contributed by atoms with Gasteiger partial charge >= 0.3 is 0 Å². The van der Waals surface area contributed by atoms with Crippen LogP contribution in [-0.2, 0) is 6.54 Å². The standard InChI is InChI=1S/C23H39N3O3S/c1-25(2)13-14-26(23(30)24-19-11-9-7-6-8-10-12-19)17-18-15-20(27-3)22(29-5)21(16-18)28-4/h15-16,19H,6-14,17H2,1-5H3,(H,24,30). The van der Waals surface area contributed by atoms with Gasteiger partial charge in [-0.1, -0.05) is 32.1 Å². The van der Waals surface area contributed by atoms with Crippen molar-refractivity contribution in [1.29, 1.82) is 0 Å². The second kappa shape index (κ2) is 12.8. The van der Waals surface area contributed by atoms with Crippen molar-refractivity contribution in [2.75, 3.05) is 48.5 Å². The van der Waals surface area contributed by atoms with Crippen LogP contribution >= 0.6 is 12.2 Å². The highest BCUT2D eigenvalue weighted by atomic mass is 32.1. The molecule has 30 heavy (non-hydrogen) atoms. The SMILES string of the molecule is COc1cc(CN(CCN(C)C)C(=S)NC2CCCCCCC2)cc(OC)c1OC. The number of rotatable bonds is 9. The molecule has 1 aliphatic rings. The van der Waals surface area contributed by atoms with Gasteiger partial charge < -0.3 is 29.3 Å². The fourth-order valence-corrected chi connectivity index (χ4v) is 4.21. The first-order valence-electron chi connectivity index (χ1n) is 11.0. The molecule has 0 aliphatic heterocycles. The van der Waals surface area contributed by atoms with Crippen LogP contribution in [-0.4, -0.2) is 69.5 Å². The maximum atomic E-state index is 5.87. The Labute approximate surface area is 187 Å². The Morgan fingerprint density at radius 1 is 0.933 bits per heavy atom. The zero-order chi connectivity index (χ0) is 21.9. The van der Waals surface area contributed by atoms with Crippen LogP contribution in [0.1, 0.15) is 50.5 Å². The molecule has 6 nitrogen and oxygen atoms in total. The van der Waals surface area contributed by atoms with Crippen LogP contribution in [0.25, 0.3) is 0 Å². The first kappa shape index (κ1) is 24.5. The van der Waals surface area contributed by atoms with Gasteiger partial charge in [-0.3, -0.25) is 0 Å². The van der Waals surface area contributed by atoms with E-state index in [1.54, 1.807) is 21.3 Å². The predicted molar refractivity (Wildman–Crippen MR) is 127 cm³/mol. The molecule has 0 bridgehead atoms. The van der Waals surface area contributed by atoms with Crippen LogP contribution < -0.4 is 19.5 Å². The maximum absolute atomic E-state index is 5.87. The summed E-state index contributed by atoms with van der Waals surface area (Å²) in [7, 11) is 9.08. The lowest BCUT2D eigenvalue weighted by atomic mass is 9.97. The Morgan fingerprint density at radius 2 is 1.50 bits per heavy atom. The van der Waals surface area contributed by atoms with E-state index in [-0.39, 0.29) is 0 Å². The zero-order valence-electron chi connectivity index (χ0n) is 19.3. The number of thiocarbonyl (C=S) groups is 1. The van der Waals surface area contributed by atoms with Crippen molar-refractivity contribution in [2.24, 2.45) is 0 Å². The predicted octanol–water partition coefficient (Wildman–Crippen LogP) is 4.06. The van der Waals surface area contributed by atoms with Gasteiger partial charge in [-0.15, -0.1) is 0 Å². The topological polar surface area (TPSA) is 46.2 Å². The lowest BCUT2D eigenvalue weighted by Gasteiger charge is -2.31. The van der Waals surface area contributed by atoms with E-state index < -0.39 is 0 Å². The quantitative estimate of drug-likeness (QED) is 0.585. The van der Waals surface area contributed by atoms with E-state index in [1.165, 1.54) is 44.9 Å². The average Bonchev–Trinajstić information content (AvgIpc) is 2.71. The Kier molecular flexibility index (Phi) is 10.5. The summed E-state index contributed by atoms with van der Waals surface area (Å²) in [4.78, 5) is 4.43. The maximum Gasteiger partial charge on any atom is 0.203 e. The number of likely N-dealkylation sites (N-methyl/N-ethyl adjacent to an activating group) is 1. The Morgan fingerprint density at radius 3 is 2.00 bits per heavy atom. The molecule has 0 aromatic heterocycles. The van der Waals surface area contributed by atoms with Gasteiger partial charge in [0.2, 0.25) is 5.75 Å². The second-order valence-corrected chi connectivity index (χ2v) is 8.64. The highest BCUT2D eigenvalue weighted by Crippen LogP contribution is 2.38. The lowest BCUT2D eigenvalue weighted by Crippen LogP contribution is -2.46. The first-order chi connectivity index (χ1) is 14.5. The fourth-order valence-electron chi connectivity index (χ4n) is 3.89. The van der Waals surface area contributed by atoms with Gasteiger partial charge in [0, 0.05) is 25.7 Å². The van der Waals surface area contributed by atoms with Crippen LogP contribution in [0, 0.1) is 0 Å². The zero-order valence-corrected chi connectivity index (χ0v) is 20.1. The van der Waals surface area contributed by atoms with Crippen molar-refractivity contribution >= 4 is 17.3 Å². The molecule has 7 heteroatoms. The van der Waals surface area contributed by atoms with Crippen molar-refractivity contribution in [1.82, 2.24) is 15.1 Å². The molecule has 1 N–H and O–H groups in total. The van der Waals surface area contributed by atoms with Gasteiger partial charge in [0.1, 0.15) is 0 Å². The van der Waals surface area contributed by atoms with Gasteiger partial charge in [-0.25, -0.2) is 0 Å². The normalized spacial score (nSPS) is 15.3. The van der Waals surface area contributed by atoms with Crippen molar-refractivity contribution in [2.45, 2.75) is 57.5 Å². The molecule has 2 rings (SSSR count). The summed E-state index contributed by atoms with van der Waals surface area (Å²) < 4.78 is 16.5. The Balaban J connectivity index is 2.16. The summed E-state index contributed by atoms with van der Waals surface area (Å²) in [5, 5.41) is 4.49. The van der Waals surface area contributed by atoms with Crippen LogP contribution in [0.2, 0.25) is 0 Å². The van der Waals surface area contributed by atoms with Gasteiger partial charge in [0.25, 0.3) is 0 Å². The molecule has 0 atom stereocenters. The minimum atomic E-state index is 0.472. The van der Waals surface area contributed by atoms with E-state index in [2.05, 4.69) is 29.2 Å². The number of methoxy groups -OCH3 is 3. The molecule has 0 radical (unpaired) electrons. The van der Waals surface area contributed by atoms with Crippen molar-refractivity contribution < 1.29 is 14.2 Å². The molecular formula is C23H39N3O3S. The van der Waals surface area contributed by atoms with E-state index in [9.17, 15) is 0 Å². The smallest absolute Gasteiger partial charge is 0.203 e. The molecular weight excluding hydrogens is 398 g/mol. The lowest BCUT2D eigenvalue weighted by molar-refractivity contribution is 0.310. The third-order valence-corrected chi connectivity index (χ3v) is 6.01. The van der Waals surface area contributed by atoms with Gasteiger partial charge in [0.15, 0.2) is 16.6 Å². The van der Waals surface area contributed by atoms with E-state index in [4.69, 9.17) is 26.4 Å². The molecule has 1 saturated carbocycles. The summed E-state index contributed by atoms with van der Waals surface area (Å²) >= 11 is 5.87. The largest absolute Gasteiger partial charge is 0.493 e. The molecule has 170 valence electrons. The molecule has 1 fully saturated rings. The third kappa shape index (κ3) is 7.51. The molecule has 0 heterocycles. The molecule has 0 unspecified atom stereocenters. The molecule has 1 aromatic carbocycles. The van der Waals surface area contributed by atoms with E-state index in [0.29, 0.717) is 29.8 Å². The second-order valence-electron chi connectivity index (χ2n) is 8.25. The van der Waals surface area contributed by atoms with E-state index in [1.807, 2.05) is 12.1 Å². The van der Waals surface area contributed by atoms with Crippen LogP contribution in [0.3, 0.4) is 0 Å². The van der Waals surface area contributed by atoms with Crippen molar-refractivity contribution in [3.8, 4) is 17.2 Å². The van der Waals surface area contributed by atoms with Gasteiger partial charge in [0.05, 0.1) is 21.3 Å². The molecule has 0 saturated heterocycles. The molecule has 1 aromatic rings. The summed E-state index contributed by atoms with van der Waals surface area (Å²) in [6.07, 6.45) is 9.00. The Bertz CT molecular complexity index is 636. The number of benzene rings is 1. The summed E-state index contributed by atoms with van der Waals surface area (Å²) in [5.41, 5.74) is 1.07. The van der Waals surface area contributed by atoms with Crippen LogP contribution in [0.4, 0.5) is 0 Å². The molecule has 0 amide bonds. The summed E-state index contributed by atoms with van der Waals surface area (Å²) in [5.74, 6) is 1.94. The minimum absolute atomic E-state index is 0.472. The number of nitrogens with zero attached hydrogens (tertiary/aromatic N) is 2. The van der Waals surface area contributed by atoms with Gasteiger partial charge in [-0.2, -0.15) is 0 Å². The number of ether oxygens (including phenoxy) is 3. The van der Waals surface area contributed by atoms with Crippen molar-refractivity contribution in [3.05, 3.63) is 17.7 Å². The Hall–Kier alpha value is -1.73. The summed E-state index contributed by atoms with van der Waals surface area (Å²) in [6, 6.07) is 4.48. The highest BCUT2D eigenvalue weighted by Gasteiger charge is 2.19. The van der Waals surface area contributed by atoms with Gasteiger partial charge in [-0.05, 0) is 56.9 Å². The number of hydrogen-bond acceptors (Lipinski definition) is 5. The number of nitrogens with one attached hydrogen (secondary N) is 1. The fraction of sp³-hybridized carbons (Fsp3) is 0.696. The monoisotopic (exact) mass is 437 g/mol. The number of hydrogen-bond donors (Lipinski definition) is 1. The van der Waals surface area contributed by atoms with Crippen molar-refractivity contribution in [3.63, 3.8) is 0 Å². The van der Waals surface area contributed by atoms with E-state index in [0.717, 1.165) is 23.8 Å². The minimum Gasteiger partial charge on any atom is -0.493 e. The third-order valence-electron chi connectivity index (χ3n) is 5.64. The van der Waals surface area contributed by atoms with Crippen LogP contribution in [0.5, 0.6) is 17.2 Å². The molecule has 1 aliphatic carbocycles. The van der Waals surface area contributed by atoms with Crippen LogP contribution in [0.15, 0.2) is 12.1 Å². The highest BCUT2D eigenvalue weighted by molar-refractivity contribution is 7.80.